The van der Waals surface area contributed by atoms with E-state index in [1.54, 1.807) is 12.1 Å². The molecule has 0 bridgehead atoms. The average molecular weight is 506 g/mol. The van der Waals surface area contributed by atoms with Gasteiger partial charge in [0.05, 0.1) is 18.1 Å². The van der Waals surface area contributed by atoms with E-state index in [9.17, 15) is 27.9 Å². The third-order valence-electron chi connectivity index (χ3n) is 6.93. The van der Waals surface area contributed by atoms with Gasteiger partial charge < -0.3 is 20.1 Å². The van der Waals surface area contributed by atoms with E-state index in [4.69, 9.17) is 4.74 Å². The van der Waals surface area contributed by atoms with Crippen LogP contribution in [0.3, 0.4) is 0 Å². The zero-order chi connectivity index (χ0) is 25.7. The fourth-order valence-corrected chi connectivity index (χ4v) is 4.95. The Morgan fingerprint density at radius 1 is 1.08 bits per heavy atom. The Bertz CT molecular complexity index is 1040. The number of carbonyl (C=O) groups is 2. The number of ether oxygens (including phenoxy) is 1. The quantitative estimate of drug-likeness (QED) is 0.599. The first-order valence-corrected chi connectivity index (χ1v) is 12.2. The van der Waals surface area contributed by atoms with Crippen LogP contribution in [0.2, 0.25) is 0 Å². The van der Waals surface area contributed by atoms with Gasteiger partial charge in [-0.25, -0.2) is 4.98 Å². The van der Waals surface area contributed by atoms with Gasteiger partial charge in [0.2, 0.25) is 5.91 Å². The molecule has 1 saturated carbocycles. The Labute approximate surface area is 207 Å². The third kappa shape index (κ3) is 6.34. The van der Waals surface area contributed by atoms with Gasteiger partial charge >= 0.3 is 6.18 Å². The van der Waals surface area contributed by atoms with Gasteiger partial charge in [-0.1, -0.05) is 30.3 Å². The predicted octanol–water partition coefficient (Wildman–Crippen LogP) is 3.72. The van der Waals surface area contributed by atoms with Crippen LogP contribution in [-0.2, 0) is 11.3 Å². The van der Waals surface area contributed by atoms with Gasteiger partial charge in [-0.2, -0.15) is 13.2 Å². The van der Waals surface area contributed by atoms with Gasteiger partial charge in [0, 0.05) is 25.2 Å². The molecule has 2 atom stereocenters. The molecule has 1 aliphatic carbocycles. The molecule has 2 aromatic rings. The molecular formula is C26H30F3N3O4. The van der Waals surface area contributed by atoms with Gasteiger partial charge in [0.25, 0.3) is 5.91 Å². The molecule has 7 nitrogen and oxygen atoms in total. The summed E-state index contributed by atoms with van der Waals surface area (Å²) in [7, 11) is 0. The van der Waals surface area contributed by atoms with Crippen LogP contribution in [0.25, 0.3) is 0 Å². The van der Waals surface area contributed by atoms with Crippen molar-refractivity contribution in [2.45, 2.75) is 57.0 Å². The van der Waals surface area contributed by atoms with Crippen molar-refractivity contribution in [3.8, 4) is 5.75 Å². The highest BCUT2D eigenvalue weighted by Gasteiger charge is 2.44. The van der Waals surface area contributed by atoms with Crippen molar-refractivity contribution in [1.82, 2.24) is 15.2 Å². The molecule has 1 aromatic heterocycles. The minimum absolute atomic E-state index is 0.0331. The first-order valence-electron chi connectivity index (χ1n) is 12.2. The number of alkyl halides is 3. The molecular weight excluding hydrogens is 475 g/mol. The van der Waals surface area contributed by atoms with Gasteiger partial charge in [-0.15, -0.1) is 0 Å². The van der Waals surface area contributed by atoms with Crippen molar-refractivity contribution in [2.75, 3.05) is 13.2 Å². The number of aliphatic hydroxyl groups is 1. The molecule has 36 heavy (non-hydrogen) atoms. The molecule has 0 radical (unpaired) electrons. The second-order valence-corrected chi connectivity index (χ2v) is 9.45. The highest BCUT2D eigenvalue weighted by Crippen LogP contribution is 2.40. The molecule has 0 spiro atoms. The lowest BCUT2D eigenvalue weighted by Crippen LogP contribution is -2.44. The lowest BCUT2D eigenvalue weighted by Gasteiger charge is -2.33. The highest BCUT2D eigenvalue weighted by molar-refractivity contribution is 5.94. The molecule has 1 aromatic carbocycles. The lowest BCUT2D eigenvalue weighted by atomic mass is 9.81. The SMILES string of the molecule is O=C(NCc1ccccc1)c1ncccc1OC[C@H]1C[C@H](O)CN1C(=O)[C@H]1CC[C@H](C(F)(F)F)CC1. The first-order chi connectivity index (χ1) is 17.2. The van der Waals surface area contributed by atoms with E-state index in [2.05, 4.69) is 10.3 Å². The standard InChI is InChI=1S/C26H30F3N3O4/c27-26(28,29)19-10-8-18(9-11-19)25(35)32-15-21(33)13-20(32)16-36-22-7-4-12-30-23(22)24(34)31-14-17-5-2-1-3-6-17/h1-7,12,18-21,33H,8-11,13-16H2,(H,31,34)/t18-,19-,20-,21+/m1/s1. The van der Waals surface area contributed by atoms with Crippen LogP contribution in [0.15, 0.2) is 48.7 Å². The summed E-state index contributed by atoms with van der Waals surface area (Å²) in [6.07, 6.45) is -2.96. The molecule has 4 rings (SSSR count). The van der Waals surface area contributed by atoms with Crippen molar-refractivity contribution in [3.63, 3.8) is 0 Å². The second-order valence-electron chi connectivity index (χ2n) is 9.45. The number of likely N-dealkylation sites (tertiary alicyclic amines) is 1. The molecule has 1 saturated heterocycles. The van der Waals surface area contributed by atoms with E-state index in [1.165, 1.54) is 11.1 Å². The van der Waals surface area contributed by atoms with Crippen molar-refractivity contribution in [1.29, 1.82) is 0 Å². The molecule has 194 valence electrons. The maximum atomic E-state index is 13.1. The molecule has 2 aliphatic rings. The monoisotopic (exact) mass is 505 g/mol. The molecule has 0 unspecified atom stereocenters. The molecule has 2 amide bonds. The number of nitrogens with one attached hydrogen (secondary N) is 1. The summed E-state index contributed by atoms with van der Waals surface area (Å²) in [6, 6.07) is 12.2. The Balaban J connectivity index is 1.36. The summed E-state index contributed by atoms with van der Waals surface area (Å²) >= 11 is 0. The summed E-state index contributed by atoms with van der Waals surface area (Å²) in [4.78, 5) is 31.5. The predicted molar refractivity (Wildman–Crippen MR) is 125 cm³/mol. The molecule has 2 N–H and O–H groups in total. The number of β-amino-alcohol motifs (C(OH)–C–C–N with tert-alkyl or cyclic N) is 1. The Kier molecular flexibility index (Phi) is 8.13. The van der Waals surface area contributed by atoms with Gasteiger partial charge in [0.1, 0.15) is 6.61 Å². The largest absolute Gasteiger partial charge is 0.489 e. The number of nitrogens with zero attached hydrogens (tertiary/aromatic N) is 2. The van der Waals surface area contributed by atoms with E-state index in [1.807, 2.05) is 30.3 Å². The van der Waals surface area contributed by atoms with Crippen LogP contribution in [0, 0.1) is 11.8 Å². The fourth-order valence-electron chi connectivity index (χ4n) is 4.95. The van der Waals surface area contributed by atoms with Gasteiger partial charge in [-0.3, -0.25) is 9.59 Å². The summed E-state index contributed by atoms with van der Waals surface area (Å²) < 4.78 is 44.9. The summed E-state index contributed by atoms with van der Waals surface area (Å²) in [5, 5.41) is 13.0. The zero-order valence-electron chi connectivity index (χ0n) is 19.8. The average Bonchev–Trinajstić information content (AvgIpc) is 3.26. The maximum absolute atomic E-state index is 13.1. The number of pyridine rings is 1. The number of carbonyl (C=O) groups excluding carboxylic acids is 2. The van der Waals surface area contributed by atoms with Crippen LogP contribution in [0.4, 0.5) is 13.2 Å². The highest BCUT2D eigenvalue weighted by atomic mass is 19.4. The van der Waals surface area contributed by atoms with Gasteiger partial charge in [0.15, 0.2) is 11.4 Å². The number of hydrogen-bond donors (Lipinski definition) is 2. The number of amides is 2. The summed E-state index contributed by atoms with van der Waals surface area (Å²) in [6.45, 7) is 0.470. The normalized spacial score (nSPS) is 24.4. The Morgan fingerprint density at radius 2 is 1.81 bits per heavy atom. The summed E-state index contributed by atoms with van der Waals surface area (Å²) in [5.74, 6) is -2.25. The van der Waals surface area contributed by atoms with Crippen LogP contribution in [-0.4, -0.2) is 58.3 Å². The Hall–Kier alpha value is -3.14. The smallest absolute Gasteiger partial charge is 0.391 e. The minimum atomic E-state index is -4.23. The van der Waals surface area contributed by atoms with Crippen molar-refractivity contribution < 1.29 is 32.6 Å². The van der Waals surface area contributed by atoms with E-state index in [-0.39, 0.29) is 56.2 Å². The van der Waals surface area contributed by atoms with E-state index < -0.39 is 36.1 Å². The third-order valence-corrected chi connectivity index (χ3v) is 6.93. The van der Waals surface area contributed by atoms with Gasteiger partial charge in [-0.05, 0) is 49.8 Å². The molecule has 2 fully saturated rings. The molecule has 2 heterocycles. The summed E-state index contributed by atoms with van der Waals surface area (Å²) in [5.41, 5.74) is 1.04. The number of benzene rings is 1. The number of hydrogen-bond acceptors (Lipinski definition) is 5. The van der Waals surface area contributed by atoms with Crippen LogP contribution in [0.5, 0.6) is 5.75 Å². The van der Waals surface area contributed by atoms with Crippen LogP contribution in [0.1, 0.15) is 48.2 Å². The van der Waals surface area contributed by atoms with E-state index in [0.717, 1.165) is 5.56 Å². The van der Waals surface area contributed by atoms with Crippen molar-refractivity contribution in [3.05, 3.63) is 59.9 Å². The van der Waals surface area contributed by atoms with Crippen LogP contribution >= 0.6 is 0 Å². The van der Waals surface area contributed by atoms with Crippen molar-refractivity contribution in [2.24, 2.45) is 11.8 Å². The maximum Gasteiger partial charge on any atom is 0.391 e. The van der Waals surface area contributed by atoms with Crippen molar-refractivity contribution >= 4 is 11.8 Å². The zero-order valence-corrected chi connectivity index (χ0v) is 19.8. The van der Waals surface area contributed by atoms with Crippen LogP contribution < -0.4 is 10.1 Å². The molecule has 1 aliphatic heterocycles. The number of rotatable bonds is 7. The minimum Gasteiger partial charge on any atom is -0.489 e. The number of halogens is 3. The first kappa shape index (κ1) is 25.9. The van der Waals surface area contributed by atoms with E-state index in [0.29, 0.717) is 13.0 Å². The second kappa shape index (κ2) is 11.3. The fraction of sp³-hybridized carbons (Fsp3) is 0.500. The lowest BCUT2D eigenvalue weighted by molar-refractivity contribution is -0.185. The Morgan fingerprint density at radius 3 is 2.50 bits per heavy atom. The molecule has 10 heteroatoms. The topological polar surface area (TPSA) is 91.8 Å². The number of aliphatic hydroxyl groups excluding tert-OH is 1. The van der Waals surface area contributed by atoms with E-state index >= 15 is 0 Å². The number of aromatic nitrogens is 1.